The average molecular weight is 232 g/mol. The molecule has 1 aromatic carbocycles. The Hall–Kier alpha value is -1.88. The Labute approximate surface area is 97.3 Å². The van der Waals surface area contributed by atoms with Gasteiger partial charge in [0.05, 0.1) is 18.0 Å². The molecule has 5 nitrogen and oxygen atoms in total. The number of nitrogens with zero attached hydrogens (tertiary/aromatic N) is 2. The van der Waals surface area contributed by atoms with Crippen LogP contribution in [-0.2, 0) is 6.54 Å². The Morgan fingerprint density at radius 3 is 3.12 bits per heavy atom. The molecule has 0 bridgehead atoms. The van der Waals surface area contributed by atoms with Gasteiger partial charge in [-0.15, -0.1) is 0 Å². The van der Waals surface area contributed by atoms with E-state index in [0.717, 1.165) is 0 Å². The number of hydrogen-bond donors (Lipinski definition) is 1. The molecule has 3 rings (SSSR count). The van der Waals surface area contributed by atoms with Gasteiger partial charge in [0.1, 0.15) is 17.7 Å². The smallest absolute Gasteiger partial charge is 0.261 e. The molecule has 0 spiro atoms. The summed E-state index contributed by atoms with van der Waals surface area (Å²) >= 11 is 0. The highest BCUT2D eigenvalue weighted by Gasteiger charge is 2.24. The number of ether oxygens (including phenoxy) is 1. The summed E-state index contributed by atoms with van der Waals surface area (Å²) in [5, 5.41) is 10.2. The predicted molar refractivity (Wildman–Crippen MR) is 62.1 cm³/mol. The first-order valence-corrected chi connectivity index (χ1v) is 5.47. The van der Waals surface area contributed by atoms with Crippen LogP contribution in [0.4, 0.5) is 0 Å². The topological polar surface area (TPSA) is 64.4 Å². The number of fused-ring (bicyclic) bond motifs is 2. The molecule has 0 radical (unpaired) electrons. The number of aliphatic hydroxyl groups is 1. The minimum absolute atomic E-state index is 0.111. The molecule has 2 heterocycles. The normalized spacial score (nSPS) is 18.4. The van der Waals surface area contributed by atoms with Crippen LogP contribution in [0.3, 0.4) is 0 Å². The summed E-state index contributed by atoms with van der Waals surface area (Å²) in [6.07, 6.45) is -0.0791. The summed E-state index contributed by atoms with van der Waals surface area (Å²) in [5.74, 6) is 1.10. The third-order valence-corrected chi connectivity index (χ3v) is 3.12. The average Bonchev–Trinajstić information content (AvgIpc) is 2.72. The van der Waals surface area contributed by atoms with Gasteiger partial charge in [0, 0.05) is 6.54 Å². The predicted octanol–water partition coefficient (Wildman–Crippen LogP) is 0.842. The third-order valence-electron chi connectivity index (χ3n) is 3.12. The number of hydrogen-bond acceptors (Lipinski definition) is 4. The van der Waals surface area contributed by atoms with Gasteiger partial charge in [-0.25, -0.2) is 4.98 Å². The first-order chi connectivity index (χ1) is 8.20. The minimum atomic E-state index is -0.630. The first-order valence-electron chi connectivity index (χ1n) is 5.47. The minimum Gasteiger partial charge on any atom is -0.497 e. The molecule has 0 saturated heterocycles. The maximum atomic E-state index is 12.2. The van der Waals surface area contributed by atoms with Crippen molar-refractivity contribution < 1.29 is 9.84 Å². The molecule has 1 aliphatic rings. The van der Waals surface area contributed by atoms with Gasteiger partial charge in [-0.2, -0.15) is 0 Å². The van der Waals surface area contributed by atoms with Crippen LogP contribution in [0.2, 0.25) is 0 Å². The summed E-state index contributed by atoms with van der Waals surface area (Å²) in [6.45, 7) is 0.523. The van der Waals surface area contributed by atoms with Gasteiger partial charge in [0.25, 0.3) is 5.56 Å². The Morgan fingerprint density at radius 2 is 2.35 bits per heavy atom. The van der Waals surface area contributed by atoms with Crippen molar-refractivity contribution >= 4 is 10.9 Å². The van der Waals surface area contributed by atoms with E-state index in [1.807, 2.05) is 0 Å². The lowest BCUT2D eigenvalue weighted by Gasteiger charge is -2.07. The van der Waals surface area contributed by atoms with E-state index in [1.54, 1.807) is 25.3 Å². The fourth-order valence-corrected chi connectivity index (χ4v) is 2.20. The highest BCUT2D eigenvalue weighted by molar-refractivity contribution is 5.79. The summed E-state index contributed by atoms with van der Waals surface area (Å²) in [4.78, 5) is 16.5. The van der Waals surface area contributed by atoms with Crippen molar-refractivity contribution in [1.82, 2.24) is 9.55 Å². The number of aliphatic hydroxyl groups excluding tert-OH is 1. The van der Waals surface area contributed by atoms with Crippen molar-refractivity contribution in [2.24, 2.45) is 0 Å². The Bertz CT molecular complexity index is 648. The molecule has 2 aromatic rings. The molecule has 17 heavy (non-hydrogen) atoms. The zero-order valence-electron chi connectivity index (χ0n) is 9.38. The lowest BCUT2D eigenvalue weighted by molar-refractivity contribution is 0.176. The molecule has 0 fully saturated rings. The monoisotopic (exact) mass is 232 g/mol. The van der Waals surface area contributed by atoms with Crippen molar-refractivity contribution in [2.75, 3.05) is 7.11 Å². The quantitative estimate of drug-likeness (QED) is 0.791. The zero-order chi connectivity index (χ0) is 12.0. The van der Waals surface area contributed by atoms with E-state index < -0.39 is 6.10 Å². The van der Waals surface area contributed by atoms with E-state index in [-0.39, 0.29) is 5.56 Å². The number of methoxy groups -OCH3 is 1. The highest BCUT2D eigenvalue weighted by Crippen LogP contribution is 2.24. The maximum absolute atomic E-state index is 12.2. The molecule has 0 aliphatic carbocycles. The van der Waals surface area contributed by atoms with E-state index >= 15 is 0 Å². The summed E-state index contributed by atoms with van der Waals surface area (Å²) in [5.41, 5.74) is 0.489. The summed E-state index contributed by atoms with van der Waals surface area (Å²) < 4.78 is 6.63. The third kappa shape index (κ3) is 1.43. The number of rotatable bonds is 1. The number of aromatic nitrogens is 2. The van der Waals surface area contributed by atoms with Crippen molar-refractivity contribution in [3.8, 4) is 5.75 Å². The van der Waals surface area contributed by atoms with Crippen molar-refractivity contribution in [2.45, 2.75) is 19.1 Å². The van der Waals surface area contributed by atoms with E-state index in [2.05, 4.69) is 4.98 Å². The van der Waals surface area contributed by atoms with E-state index in [0.29, 0.717) is 35.4 Å². The second kappa shape index (κ2) is 3.56. The van der Waals surface area contributed by atoms with Gasteiger partial charge < -0.3 is 9.84 Å². The molecule has 1 N–H and O–H groups in total. The van der Waals surface area contributed by atoms with E-state index in [4.69, 9.17) is 4.74 Å². The lowest BCUT2D eigenvalue weighted by atomic mass is 10.2. The van der Waals surface area contributed by atoms with Crippen LogP contribution in [0.25, 0.3) is 10.9 Å². The summed E-state index contributed by atoms with van der Waals surface area (Å²) in [7, 11) is 1.56. The Kier molecular flexibility index (Phi) is 2.16. The van der Waals surface area contributed by atoms with Crippen LogP contribution in [-0.4, -0.2) is 21.8 Å². The van der Waals surface area contributed by atoms with Crippen LogP contribution in [0.1, 0.15) is 18.3 Å². The second-order valence-corrected chi connectivity index (χ2v) is 4.11. The van der Waals surface area contributed by atoms with Crippen LogP contribution >= 0.6 is 0 Å². The van der Waals surface area contributed by atoms with Gasteiger partial charge in [-0.3, -0.25) is 9.36 Å². The van der Waals surface area contributed by atoms with Gasteiger partial charge in [-0.1, -0.05) is 0 Å². The molecule has 88 valence electrons. The van der Waals surface area contributed by atoms with Gasteiger partial charge in [-0.05, 0) is 24.6 Å². The number of benzene rings is 1. The molecular weight excluding hydrogens is 220 g/mol. The van der Waals surface area contributed by atoms with Crippen LogP contribution in [0.5, 0.6) is 5.75 Å². The van der Waals surface area contributed by atoms with Crippen molar-refractivity contribution in [3.05, 3.63) is 34.4 Å². The molecule has 0 saturated carbocycles. The van der Waals surface area contributed by atoms with Crippen LogP contribution in [0, 0.1) is 0 Å². The lowest BCUT2D eigenvalue weighted by Crippen LogP contribution is -2.21. The molecule has 1 aromatic heterocycles. The molecule has 1 aliphatic heterocycles. The standard InChI is InChI=1S/C12H12N2O3/c1-17-7-2-3-9-8(6-7)12(16)14-5-4-10(15)11(14)13-9/h2-3,6,10,15H,4-5H2,1H3/t10-/m0/s1. The van der Waals surface area contributed by atoms with Gasteiger partial charge in [0.2, 0.25) is 0 Å². The van der Waals surface area contributed by atoms with E-state index in [9.17, 15) is 9.90 Å². The summed E-state index contributed by atoms with van der Waals surface area (Å²) in [6, 6.07) is 5.18. The zero-order valence-corrected chi connectivity index (χ0v) is 9.38. The fraction of sp³-hybridized carbons (Fsp3) is 0.333. The van der Waals surface area contributed by atoms with Gasteiger partial charge in [0.15, 0.2) is 0 Å². The largest absolute Gasteiger partial charge is 0.497 e. The molecular formula is C12H12N2O3. The Morgan fingerprint density at radius 1 is 1.53 bits per heavy atom. The van der Waals surface area contributed by atoms with Crippen LogP contribution in [0.15, 0.2) is 23.0 Å². The first kappa shape index (κ1) is 10.3. The maximum Gasteiger partial charge on any atom is 0.261 e. The second-order valence-electron chi connectivity index (χ2n) is 4.11. The highest BCUT2D eigenvalue weighted by atomic mass is 16.5. The van der Waals surface area contributed by atoms with Crippen molar-refractivity contribution in [3.63, 3.8) is 0 Å². The van der Waals surface area contributed by atoms with Crippen LogP contribution < -0.4 is 10.3 Å². The SMILES string of the molecule is COc1ccc2nc3n(c(=O)c2c1)CC[C@@H]3O. The molecule has 1 atom stereocenters. The molecule has 0 unspecified atom stereocenters. The van der Waals surface area contributed by atoms with Gasteiger partial charge >= 0.3 is 0 Å². The van der Waals surface area contributed by atoms with E-state index in [1.165, 1.54) is 4.57 Å². The Balaban J connectivity index is 2.36. The fourth-order valence-electron chi connectivity index (χ4n) is 2.20. The van der Waals surface area contributed by atoms with Crippen molar-refractivity contribution in [1.29, 1.82) is 0 Å². The molecule has 0 amide bonds. The molecule has 5 heteroatoms.